The van der Waals surface area contributed by atoms with Gasteiger partial charge < -0.3 is 5.73 Å². The molecule has 2 N–H and O–H groups in total. The highest BCUT2D eigenvalue weighted by Gasteiger charge is 2.22. The number of aryl methyl sites for hydroxylation is 1. The van der Waals surface area contributed by atoms with E-state index in [-0.39, 0.29) is 0 Å². The highest BCUT2D eigenvalue weighted by Crippen LogP contribution is 2.16. The summed E-state index contributed by atoms with van der Waals surface area (Å²) in [7, 11) is 1.95. The molecule has 1 saturated heterocycles. The summed E-state index contributed by atoms with van der Waals surface area (Å²) in [6.07, 6.45) is 5.17. The lowest BCUT2D eigenvalue weighted by molar-refractivity contribution is 0.158. The molecule has 1 aromatic rings. The Morgan fingerprint density at radius 1 is 1.53 bits per heavy atom. The van der Waals surface area contributed by atoms with Crippen LogP contribution in [0.25, 0.3) is 0 Å². The lowest BCUT2D eigenvalue weighted by atomic mass is 9.96. The zero-order chi connectivity index (χ0) is 10.8. The van der Waals surface area contributed by atoms with Crippen molar-refractivity contribution in [3.63, 3.8) is 0 Å². The van der Waals surface area contributed by atoms with E-state index in [0.717, 1.165) is 26.1 Å². The predicted octanol–water partition coefficient (Wildman–Crippen LogP) is 0.589. The maximum Gasteiger partial charge on any atom is 0.0534 e. The highest BCUT2D eigenvalue weighted by atomic mass is 15.2. The Bertz CT molecular complexity index is 310. The highest BCUT2D eigenvalue weighted by molar-refractivity contribution is 5.03. The molecule has 2 heterocycles. The molecule has 0 spiro atoms. The number of nitrogens with two attached hydrogens (primary N) is 1. The molecule has 0 bridgehead atoms. The molecule has 0 aliphatic carbocycles. The number of hydrogen-bond acceptors (Lipinski definition) is 3. The molecule has 1 fully saturated rings. The summed E-state index contributed by atoms with van der Waals surface area (Å²) in [6, 6.07) is 0.338. The third kappa shape index (κ3) is 2.79. The smallest absolute Gasteiger partial charge is 0.0534 e. The second-order valence-corrected chi connectivity index (χ2v) is 4.82. The summed E-state index contributed by atoms with van der Waals surface area (Å²) < 4.78 is 1.85. The van der Waals surface area contributed by atoms with Gasteiger partial charge in [-0.2, -0.15) is 5.10 Å². The minimum atomic E-state index is 0.338. The normalized spacial score (nSPS) is 28.2. The van der Waals surface area contributed by atoms with Gasteiger partial charge in [-0.1, -0.05) is 6.92 Å². The van der Waals surface area contributed by atoms with Crippen LogP contribution in [-0.2, 0) is 13.6 Å². The first kappa shape index (κ1) is 10.6. The summed E-state index contributed by atoms with van der Waals surface area (Å²) in [5.74, 6) is 0.713. The standard InChI is InChI=1S/C11H20N4/c1-9-3-11(12)8-15(5-9)7-10-4-13-14(2)6-10/h4,6,9,11H,3,5,7-8,12H2,1-2H3. The maximum absolute atomic E-state index is 6.01. The molecule has 84 valence electrons. The van der Waals surface area contributed by atoms with E-state index >= 15 is 0 Å². The first-order chi connectivity index (χ1) is 7.13. The molecule has 2 atom stereocenters. The van der Waals surface area contributed by atoms with Crippen molar-refractivity contribution in [3.8, 4) is 0 Å². The average molecular weight is 208 g/mol. The summed E-state index contributed by atoms with van der Waals surface area (Å²) in [6.45, 7) is 5.42. The van der Waals surface area contributed by atoms with Gasteiger partial charge in [-0.25, -0.2) is 0 Å². The van der Waals surface area contributed by atoms with E-state index in [4.69, 9.17) is 5.73 Å². The van der Waals surface area contributed by atoms with Crippen molar-refractivity contribution in [1.82, 2.24) is 14.7 Å². The van der Waals surface area contributed by atoms with E-state index in [0.29, 0.717) is 12.0 Å². The first-order valence-electron chi connectivity index (χ1n) is 5.59. The molecular formula is C11H20N4. The lowest BCUT2D eigenvalue weighted by Crippen LogP contribution is -2.45. The SMILES string of the molecule is CC1CC(N)CN(Cc2cnn(C)c2)C1. The van der Waals surface area contributed by atoms with Gasteiger partial charge in [0, 0.05) is 44.5 Å². The molecular weight excluding hydrogens is 188 g/mol. The van der Waals surface area contributed by atoms with Crippen molar-refractivity contribution in [2.45, 2.75) is 25.9 Å². The topological polar surface area (TPSA) is 47.1 Å². The molecule has 15 heavy (non-hydrogen) atoms. The van der Waals surface area contributed by atoms with Crippen LogP contribution in [0, 0.1) is 5.92 Å². The third-order valence-corrected chi connectivity index (χ3v) is 2.93. The Balaban J connectivity index is 1.94. The maximum atomic E-state index is 6.01. The molecule has 1 aliphatic rings. The number of aromatic nitrogens is 2. The lowest BCUT2D eigenvalue weighted by Gasteiger charge is -2.34. The van der Waals surface area contributed by atoms with Crippen LogP contribution >= 0.6 is 0 Å². The van der Waals surface area contributed by atoms with Crippen molar-refractivity contribution < 1.29 is 0 Å². The Labute approximate surface area is 91.1 Å². The fourth-order valence-corrected chi connectivity index (χ4v) is 2.45. The molecule has 2 unspecified atom stereocenters. The largest absolute Gasteiger partial charge is 0.327 e. The fraction of sp³-hybridized carbons (Fsp3) is 0.727. The van der Waals surface area contributed by atoms with Crippen molar-refractivity contribution in [3.05, 3.63) is 18.0 Å². The van der Waals surface area contributed by atoms with Gasteiger partial charge in [-0.15, -0.1) is 0 Å². The van der Waals surface area contributed by atoms with Crippen LogP contribution in [0.3, 0.4) is 0 Å². The fourth-order valence-electron chi connectivity index (χ4n) is 2.45. The number of nitrogens with zero attached hydrogens (tertiary/aromatic N) is 3. The van der Waals surface area contributed by atoms with E-state index in [1.54, 1.807) is 0 Å². The Kier molecular flexibility index (Phi) is 3.07. The summed E-state index contributed by atoms with van der Waals surface area (Å²) >= 11 is 0. The van der Waals surface area contributed by atoms with Crippen LogP contribution in [0.1, 0.15) is 18.9 Å². The predicted molar refractivity (Wildman–Crippen MR) is 60.2 cm³/mol. The first-order valence-corrected chi connectivity index (χ1v) is 5.59. The molecule has 0 amide bonds. The molecule has 1 aliphatic heterocycles. The van der Waals surface area contributed by atoms with Crippen LogP contribution in [0.15, 0.2) is 12.4 Å². The van der Waals surface area contributed by atoms with E-state index < -0.39 is 0 Å². The van der Waals surface area contributed by atoms with Gasteiger partial charge in [0.05, 0.1) is 6.20 Å². The van der Waals surface area contributed by atoms with E-state index in [9.17, 15) is 0 Å². The average Bonchev–Trinajstić information content (AvgIpc) is 2.49. The number of hydrogen-bond donors (Lipinski definition) is 1. The Morgan fingerprint density at radius 2 is 2.33 bits per heavy atom. The van der Waals surface area contributed by atoms with Gasteiger partial charge >= 0.3 is 0 Å². The van der Waals surface area contributed by atoms with Crippen LogP contribution in [-0.4, -0.2) is 33.8 Å². The molecule has 0 radical (unpaired) electrons. The van der Waals surface area contributed by atoms with E-state index in [1.807, 2.05) is 17.9 Å². The summed E-state index contributed by atoms with van der Waals surface area (Å²) in [5, 5.41) is 4.18. The zero-order valence-corrected chi connectivity index (χ0v) is 9.56. The van der Waals surface area contributed by atoms with Gasteiger partial charge in [0.2, 0.25) is 0 Å². The number of likely N-dealkylation sites (tertiary alicyclic amines) is 1. The van der Waals surface area contributed by atoms with Crippen LogP contribution < -0.4 is 5.73 Å². The second-order valence-electron chi connectivity index (χ2n) is 4.82. The van der Waals surface area contributed by atoms with Crippen LogP contribution in [0.5, 0.6) is 0 Å². The van der Waals surface area contributed by atoms with E-state index in [1.165, 1.54) is 5.56 Å². The Hall–Kier alpha value is -0.870. The number of piperidine rings is 1. The molecule has 4 nitrogen and oxygen atoms in total. The van der Waals surface area contributed by atoms with Crippen molar-refractivity contribution >= 4 is 0 Å². The van der Waals surface area contributed by atoms with Crippen molar-refractivity contribution in [1.29, 1.82) is 0 Å². The number of rotatable bonds is 2. The minimum absolute atomic E-state index is 0.338. The quantitative estimate of drug-likeness (QED) is 0.774. The van der Waals surface area contributed by atoms with Crippen molar-refractivity contribution in [2.75, 3.05) is 13.1 Å². The molecule has 4 heteroatoms. The van der Waals surface area contributed by atoms with Gasteiger partial charge in [-0.3, -0.25) is 9.58 Å². The zero-order valence-electron chi connectivity index (χ0n) is 9.56. The summed E-state index contributed by atoms with van der Waals surface area (Å²) in [4.78, 5) is 2.43. The molecule has 1 aromatic heterocycles. The van der Waals surface area contributed by atoms with Gasteiger partial charge in [0.15, 0.2) is 0 Å². The van der Waals surface area contributed by atoms with E-state index in [2.05, 4.69) is 23.1 Å². The van der Waals surface area contributed by atoms with Gasteiger partial charge in [-0.05, 0) is 12.3 Å². The van der Waals surface area contributed by atoms with Gasteiger partial charge in [0.25, 0.3) is 0 Å². The van der Waals surface area contributed by atoms with Gasteiger partial charge in [0.1, 0.15) is 0 Å². The Morgan fingerprint density at radius 3 is 2.93 bits per heavy atom. The minimum Gasteiger partial charge on any atom is -0.327 e. The van der Waals surface area contributed by atoms with Crippen molar-refractivity contribution in [2.24, 2.45) is 18.7 Å². The molecule has 2 rings (SSSR count). The third-order valence-electron chi connectivity index (χ3n) is 2.93. The molecule has 0 aromatic carbocycles. The second kappa shape index (κ2) is 4.33. The molecule has 0 saturated carbocycles. The van der Waals surface area contributed by atoms with Crippen LogP contribution in [0.2, 0.25) is 0 Å². The summed E-state index contributed by atoms with van der Waals surface area (Å²) in [5.41, 5.74) is 7.29. The monoisotopic (exact) mass is 208 g/mol. The van der Waals surface area contributed by atoms with Crippen LogP contribution in [0.4, 0.5) is 0 Å².